The van der Waals surface area contributed by atoms with Crippen LogP contribution in [0.25, 0.3) is 11.2 Å². The number of benzene rings is 1. The van der Waals surface area contributed by atoms with Gasteiger partial charge in [0.25, 0.3) is 0 Å². The van der Waals surface area contributed by atoms with Crippen LogP contribution in [-0.2, 0) is 23.4 Å². The van der Waals surface area contributed by atoms with Crippen molar-refractivity contribution in [2.24, 2.45) is 5.92 Å². The highest BCUT2D eigenvalue weighted by molar-refractivity contribution is 7.52. The van der Waals surface area contributed by atoms with E-state index in [1.165, 1.54) is 17.8 Å². The molecule has 14 nitrogen and oxygen atoms in total. The van der Waals surface area contributed by atoms with Crippen LogP contribution in [0.15, 0.2) is 36.7 Å². The molecule has 4 N–H and O–H groups in total. The van der Waals surface area contributed by atoms with Crippen molar-refractivity contribution in [1.82, 2.24) is 24.6 Å². The zero-order chi connectivity index (χ0) is 28.2. The Bertz CT molecular complexity index is 1330. The Morgan fingerprint density at radius 1 is 1.31 bits per heavy atom. The lowest BCUT2D eigenvalue weighted by Crippen LogP contribution is -2.37. The SMILES string of the molecule is CCOC(=O)[C@@H](C)N[P@@](=O)(OC[C@H]1O[C@@H](n2cnc3c(NC)nc(Cl)nc32)[C@@H](CO)[C@@H]1O)Oc1ccccc1. The van der Waals surface area contributed by atoms with Crippen LogP contribution in [0, 0.1) is 5.92 Å². The molecule has 0 bridgehead atoms. The number of aliphatic hydroxyl groups excluding tert-OH is 2. The number of halogens is 1. The predicted molar refractivity (Wildman–Crippen MR) is 140 cm³/mol. The number of para-hydroxylation sites is 1. The van der Waals surface area contributed by atoms with Crippen LogP contribution in [0.1, 0.15) is 20.1 Å². The summed E-state index contributed by atoms with van der Waals surface area (Å²) in [7, 11) is -2.53. The summed E-state index contributed by atoms with van der Waals surface area (Å²) >= 11 is 6.07. The highest BCUT2D eigenvalue weighted by Gasteiger charge is 2.46. The van der Waals surface area contributed by atoms with E-state index in [9.17, 15) is 19.6 Å². The Morgan fingerprint density at radius 3 is 2.72 bits per heavy atom. The number of hydrogen-bond donors (Lipinski definition) is 4. The lowest BCUT2D eigenvalue weighted by molar-refractivity contribution is -0.144. The fourth-order valence-corrected chi connectivity index (χ4v) is 5.77. The maximum absolute atomic E-state index is 13.7. The quantitative estimate of drug-likeness (QED) is 0.138. The molecular formula is C23H30ClN6O8P. The van der Waals surface area contributed by atoms with Gasteiger partial charge >= 0.3 is 13.7 Å². The Balaban J connectivity index is 1.55. The molecule has 0 radical (unpaired) electrons. The van der Waals surface area contributed by atoms with E-state index in [2.05, 4.69) is 25.4 Å². The lowest BCUT2D eigenvalue weighted by Gasteiger charge is -2.24. The molecule has 1 saturated heterocycles. The summed E-state index contributed by atoms with van der Waals surface area (Å²) < 4.78 is 37.5. The van der Waals surface area contributed by atoms with Crippen LogP contribution in [0.4, 0.5) is 5.82 Å². The van der Waals surface area contributed by atoms with E-state index in [1.54, 1.807) is 44.3 Å². The van der Waals surface area contributed by atoms with Crippen molar-refractivity contribution in [2.75, 3.05) is 32.2 Å². The molecule has 0 spiro atoms. The van der Waals surface area contributed by atoms with E-state index in [0.29, 0.717) is 17.0 Å². The highest BCUT2D eigenvalue weighted by Crippen LogP contribution is 2.46. The molecule has 0 amide bonds. The van der Waals surface area contributed by atoms with E-state index in [0.717, 1.165) is 0 Å². The molecule has 16 heteroatoms. The number of nitrogens with zero attached hydrogens (tertiary/aromatic N) is 4. The second-order valence-corrected chi connectivity index (χ2v) is 10.6. The average Bonchev–Trinajstić information content (AvgIpc) is 3.47. The van der Waals surface area contributed by atoms with Gasteiger partial charge in [0, 0.05) is 7.05 Å². The summed E-state index contributed by atoms with van der Waals surface area (Å²) in [6, 6.07) is 7.22. The van der Waals surface area contributed by atoms with Gasteiger partial charge in [0.2, 0.25) is 5.28 Å². The molecule has 212 valence electrons. The number of carbonyl (C=O) groups excluding carboxylic acids is 1. The summed E-state index contributed by atoms with van der Waals surface area (Å²) in [5.74, 6) is -0.846. The van der Waals surface area contributed by atoms with Crippen molar-refractivity contribution in [3.63, 3.8) is 0 Å². The number of anilines is 1. The molecule has 1 aliphatic rings. The number of rotatable bonds is 12. The normalized spacial score (nSPS) is 23.3. The molecular weight excluding hydrogens is 555 g/mol. The lowest BCUT2D eigenvalue weighted by atomic mass is 10.0. The zero-order valence-corrected chi connectivity index (χ0v) is 23.1. The second kappa shape index (κ2) is 12.6. The number of carbonyl (C=O) groups is 1. The molecule has 4 rings (SSSR count). The number of aromatic nitrogens is 4. The Kier molecular flexibility index (Phi) is 9.39. The summed E-state index contributed by atoms with van der Waals surface area (Å²) in [5, 5.41) is 26.5. The first-order valence-electron chi connectivity index (χ1n) is 12.2. The third-order valence-electron chi connectivity index (χ3n) is 5.99. The predicted octanol–water partition coefficient (Wildman–Crippen LogP) is 2.13. The van der Waals surface area contributed by atoms with Crippen LogP contribution in [0.5, 0.6) is 5.75 Å². The van der Waals surface area contributed by atoms with Gasteiger partial charge in [0.1, 0.15) is 24.1 Å². The standard InChI is InChI=1S/C23H30ClN6O8P/c1-4-35-22(33)13(2)29-39(34,38-14-8-6-5-7-9-14)36-11-16-18(32)15(10-31)21(37-16)30-12-26-17-19(25-3)27-23(24)28-20(17)30/h5-9,12-13,15-16,18,21,31-32H,4,10-11H2,1-3H3,(H,29,34)(H,25,27,28)/t13-,15+,16-,18+,21-,39-/m1/s1. The van der Waals surface area contributed by atoms with Gasteiger partial charge in [-0.05, 0) is 37.6 Å². The van der Waals surface area contributed by atoms with Crippen molar-refractivity contribution in [3.05, 3.63) is 41.9 Å². The van der Waals surface area contributed by atoms with Crippen LogP contribution < -0.4 is 14.9 Å². The van der Waals surface area contributed by atoms with Crippen molar-refractivity contribution < 1.29 is 38.1 Å². The summed E-state index contributed by atoms with van der Waals surface area (Å²) in [6.07, 6.45) is -1.75. The van der Waals surface area contributed by atoms with Gasteiger partial charge in [-0.3, -0.25) is 13.9 Å². The van der Waals surface area contributed by atoms with E-state index < -0.39 is 57.3 Å². The Morgan fingerprint density at radius 2 is 2.05 bits per heavy atom. The van der Waals surface area contributed by atoms with E-state index >= 15 is 0 Å². The van der Waals surface area contributed by atoms with Crippen molar-refractivity contribution in [3.8, 4) is 5.75 Å². The van der Waals surface area contributed by atoms with Gasteiger partial charge in [0.15, 0.2) is 17.0 Å². The van der Waals surface area contributed by atoms with E-state index in [4.69, 9.17) is 30.1 Å². The topological polar surface area (TPSA) is 179 Å². The molecule has 39 heavy (non-hydrogen) atoms. The molecule has 2 aromatic heterocycles. The van der Waals surface area contributed by atoms with Gasteiger partial charge in [-0.15, -0.1) is 0 Å². The largest absolute Gasteiger partial charge is 0.465 e. The van der Waals surface area contributed by atoms with E-state index in [-0.39, 0.29) is 17.6 Å². The highest BCUT2D eigenvalue weighted by atomic mass is 35.5. The second-order valence-electron chi connectivity index (χ2n) is 8.62. The van der Waals surface area contributed by atoms with Crippen LogP contribution in [0.3, 0.4) is 0 Å². The third kappa shape index (κ3) is 6.49. The summed E-state index contributed by atoms with van der Waals surface area (Å²) in [5.41, 5.74) is 0.730. The molecule has 1 fully saturated rings. The average molecular weight is 585 g/mol. The number of nitrogens with one attached hydrogen (secondary N) is 2. The van der Waals surface area contributed by atoms with Gasteiger partial charge in [-0.1, -0.05) is 18.2 Å². The molecule has 1 aliphatic heterocycles. The smallest absolute Gasteiger partial charge is 0.459 e. The molecule has 0 saturated carbocycles. The third-order valence-corrected chi connectivity index (χ3v) is 7.80. The van der Waals surface area contributed by atoms with Crippen LogP contribution >= 0.6 is 19.3 Å². The van der Waals surface area contributed by atoms with Gasteiger partial charge in [-0.2, -0.15) is 15.1 Å². The minimum atomic E-state index is -4.19. The summed E-state index contributed by atoms with van der Waals surface area (Å²) in [4.78, 5) is 24.8. The maximum Gasteiger partial charge on any atom is 0.459 e. The van der Waals surface area contributed by atoms with Crippen molar-refractivity contribution >= 4 is 42.3 Å². The summed E-state index contributed by atoms with van der Waals surface area (Å²) in [6.45, 7) is 2.38. The number of imidazole rings is 1. The molecule has 0 aliphatic carbocycles. The first-order chi connectivity index (χ1) is 18.7. The Labute approximate surface area is 229 Å². The molecule has 1 aromatic carbocycles. The number of aliphatic hydroxyl groups is 2. The number of esters is 1. The van der Waals surface area contributed by atoms with Crippen LogP contribution in [-0.4, -0.2) is 80.8 Å². The fourth-order valence-electron chi connectivity index (χ4n) is 4.10. The first-order valence-corrected chi connectivity index (χ1v) is 14.1. The zero-order valence-electron chi connectivity index (χ0n) is 21.4. The molecule has 3 aromatic rings. The number of hydrogen-bond acceptors (Lipinski definition) is 12. The van der Waals surface area contributed by atoms with Gasteiger partial charge < -0.3 is 29.5 Å². The van der Waals surface area contributed by atoms with Crippen LogP contribution in [0.2, 0.25) is 5.28 Å². The van der Waals surface area contributed by atoms with Gasteiger partial charge in [0.05, 0.1) is 38.2 Å². The van der Waals surface area contributed by atoms with Crippen molar-refractivity contribution in [1.29, 1.82) is 0 Å². The van der Waals surface area contributed by atoms with Crippen molar-refractivity contribution in [2.45, 2.75) is 38.3 Å². The molecule has 6 atom stereocenters. The van der Waals surface area contributed by atoms with Gasteiger partial charge in [-0.25, -0.2) is 9.55 Å². The number of ether oxygens (including phenoxy) is 2. The van der Waals surface area contributed by atoms with E-state index in [1.807, 2.05) is 0 Å². The monoisotopic (exact) mass is 584 g/mol. The maximum atomic E-state index is 13.7. The molecule has 3 heterocycles. The molecule has 0 unspecified atom stereocenters. The minimum Gasteiger partial charge on any atom is -0.465 e. The minimum absolute atomic E-state index is 0.0339. The first kappa shape index (κ1) is 29.2. The fraction of sp³-hybridized carbons (Fsp3) is 0.478. The Hall–Kier alpha value is -2.84. The number of fused-ring (bicyclic) bond motifs is 1.